The number of carbonyl (C=O) groups excluding carboxylic acids is 1. The lowest BCUT2D eigenvalue weighted by Gasteiger charge is -2.48. The minimum atomic E-state index is -2.35. The summed E-state index contributed by atoms with van der Waals surface area (Å²) in [7, 11) is 2.65. The van der Waals surface area contributed by atoms with Gasteiger partial charge in [-0.1, -0.05) is 6.07 Å². The second kappa shape index (κ2) is 11.6. The Bertz CT molecular complexity index is 1710. The topological polar surface area (TPSA) is 161 Å². The van der Waals surface area contributed by atoms with E-state index in [9.17, 15) is 22.9 Å². The smallest absolute Gasteiger partial charge is 0.310 e. The highest BCUT2D eigenvalue weighted by Crippen LogP contribution is 2.57. The number of fused-ring (bicyclic) bond motifs is 4. The van der Waals surface area contributed by atoms with Gasteiger partial charge in [-0.2, -0.15) is 0 Å². The highest BCUT2D eigenvalue weighted by molar-refractivity contribution is 7.10. The highest BCUT2D eigenvalue weighted by atomic mass is 32.1. The third-order valence-electron chi connectivity index (χ3n) is 8.90. The standard InChI is InChI=1S/C32H32O13S/c1-37-19-6-13(7-20(38-2)25(19)33)23-14-8-17-18(42-12-41-17)9-15(14)28(16-10-39-30(36)24(16)23)44-32-27(35)26(34)29-21(43-32)11-40-31(45-29)22-4-3-5-46-22/h3-9,16,21,23-24,26-29,31-35H,10-12H2,1-2H3/t16-,21+,23+,24-,26+,27+,28+,29+,31+,32-/m0/s1/i23D,24D. The quantitative estimate of drug-likeness (QED) is 0.332. The van der Waals surface area contributed by atoms with E-state index in [1.54, 1.807) is 6.07 Å². The van der Waals surface area contributed by atoms with E-state index in [1.165, 1.54) is 43.8 Å². The summed E-state index contributed by atoms with van der Waals surface area (Å²) in [6, 6.07) is 9.56. The number of ether oxygens (including phenoxy) is 9. The van der Waals surface area contributed by atoms with Crippen molar-refractivity contribution in [1.29, 1.82) is 0 Å². The molecule has 13 nitrogen and oxygen atoms in total. The summed E-state index contributed by atoms with van der Waals surface area (Å²) in [6.45, 7) is -0.371. The minimum Gasteiger partial charge on any atom is -0.502 e. The van der Waals surface area contributed by atoms with E-state index in [0.717, 1.165) is 4.88 Å². The van der Waals surface area contributed by atoms with Crippen LogP contribution in [0.5, 0.6) is 28.7 Å². The van der Waals surface area contributed by atoms with E-state index in [-0.39, 0.29) is 54.1 Å². The zero-order valence-electron chi connectivity index (χ0n) is 26.6. The Kier molecular flexibility index (Phi) is 6.91. The first-order valence-electron chi connectivity index (χ1n) is 15.6. The number of thiophene rings is 1. The predicted octanol–water partition coefficient (Wildman–Crippen LogP) is 2.75. The summed E-state index contributed by atoms with van der Waals surface area (Å²) in [4.78, 5) is 14.5. The van der Waals surface area contributed by atoms with Crippen molar-refractivity contribution in [3.8, 4) is 28.7 Å². The fraction of sp³-hybridized carbons (Fsp3) is 0.469. The summed E-state index contributed by atoms with van der Waals surface area (Å²) in [5.41, 5.74) is 0.576. The number of phenolic OH excluding ortho intramolecular Hbond substituents is 1. The van der Waals surface area contributed by atoms with Gasteiger partial charge in [0.25, 0.3) is 0 Å². The highest BCUT2D eigenvalue weighted by Gasteiger charge is 2.56. The maximum Gasteiger partial charge on any atom is 0.310 e. The molecule has 0 amide bonds. The Labute approximate surface area is 269 Å². The van der Waals surface area contributed by atoms with Crippen LogP contribution in [0.15, 0.2) is 41.8 Å². The molecule has 46 heavy (non-hydrogen) atoms. The Balaban J connectivity index is 1.21. The van der Waals surface area contributed by atoms with E-state index < -0.39 is 66.8 Å². The van der Waals surface area contributed by atoms with Crippen molar-refractivity contribution in [2.24, 2.45) is 11.8 Å². The Hall–Kier alpha value is -3.63. The number of hydrogen-bond donors (Lipinski definition) is 3. The van der Waals surface area contributed by atoms with Crippen LogP contribution in [0, 0.1) is 11.8 Å². The van der Waals surface area contributed by atoms with Gasteiger partial charge in [-0.05, 0) is 52.4 Å². The second-order valence-corrected chi connectivity index (χ2v) is 12.4. The summed E-state index contributed by atoms with van der Waals surface area (Å²) >= 11 is 1.43. The molecule has 5 heterocycles. The average Bonchev–Trinajstić information content (AvgIpc) is 3.86. The number of aromatic hydroxyl groups is 1. The molecule has 0 saturated carbocycles. The molecule has 3 N–H and O–H groups in total. The van der Waals surface area contributed by atoms with Crippen LogP contribution in [0.4, 0.5) is 0 Å². The van der Waals surface area contributed by atoms with Crippen molar-refractivity contribution in [3.63, 3.8) is 0 Å². The van der Waals surface area contributed by atoms with Crippen LogP contribution < -0.4 is 18.9 Å². The monoisotopic (exact) mass is 658 g/mol. The Morgan fingerprint density at radius 3 is 2.39 bits per heavy atom. The van der Waals surface area contributed by atoms with Gasteiger partial charge >= 0.3 is 5.97 Å². The number of methoxy groups -OCH3 is 2. The number of esters is 1. The van der Waals surface area contributed by atoms with Gasteiger partial charge in [0.15, 0.2) is 35.6 Å². The van der Waals surface area contributed by atoms with Crippen molar-refractivity contribution in [2.75, 3.05) is 34.2 Å². The molecule has 3 fully saturated rings. The summed E-state index contributed by atoms with van der Waals surface area (Å²) in [5, 5.41) is 35.1. The van der Waals surface area contributed by atoms with E-state index in [1.807, 2.05) is 17.5 Å². The number of rotatable bonds is 6. The zero-order valence-corrected chi connectivity index (χ0v) is 25.4. The molecule has 5 aliphatic rings. The van der Waals surface area contributed by atoms with Crippen molar-refractivity contribution in [1.82, 2.24) is 0 Å². The molecule has 0 spiro atoms. The molecule has 10 atom stereocenters. The lowest BCUT2D eigenvalue weighted by Crippen LogP contribution is -2.62. The van der Waals surface area contributed by atoms with E-state index in [4.69, 9.17) is 42.6 Å². The lowest BCUT2D eigenvalue weighted by molar-refractivity contribution is -0.368. The first kappa shape index (κ1) is 27.5. The van der Waals surface area contributed by atoms with Gasteiger partial charge < -0.3 is 58.0 Å². The van der Waals surface area contributed by atoms with Crippen LogP contribution in [0.1, 0.15) is 42.6 Å². The number of hydrogen-bond acceptors (Lipinski definition) is 14. The van der Waals surface area contributed by atoms with Crippen LogP contribution in [0.3, 0.4) is 0 Å². The molecular formula is C32H32O13S. The number of aliphatic hydroxyl groups is 2. The molecule has 244 valence electrons. The lowest BCUT2D eigenvalue weighted by atomic mass is 9.66. The number of cyclic esters (lactones) is 1. The van der Waals surface area contributed by atoms with Gasteiger partial charge in [0, 0.05) is 14.6 Å². The Morgan fingerprint density at radius 2 is 1.70 bits per heavy atom. The zero-order chi connectivity index (χ0) is 33.5. The van der Waals surface area contributed by atoms with E-state index >= 15 is 0 Å². The minimum absolute atomic E-state index is 0.0323. The first-order valence-corrected chi connectivity index (χ1v) is 15.5. The molecule has 14 heteroatoms. The third kappa shape index (κ3) is 4.70. The molecular weight excluding hydrogens is 624 g/mol. The van der Waals surface area contributed by atoms with Crippen molar-refractivity contribution in [2.45, 2.75) is 49.0 Å². The van der Waals surface area contributed by atoms with E-state index in [0.29, 0.717) is 11.3 Å². The molecule has 3 saturated heterocycles. The molecule has 0 radical (unpaired) electrons. The van der Waals surface area contributed by atoms with Crippen molar-refractivity contribution >= 4 is 17.3 Å². The number of aliphatic hydroxyl groups excluding tert-OH is 2. The molecule has 3 aromatic rings. The fourth-order valence-corrected chi connectivity index (χ4v) is 7.40. The molecule has 1 aromatic heterocycles. The molecule has 2 aromatic carbocycles. The van der Waals surface area contributed by atoms with Crippen molar-refractivity contribution in [3.05, 3.63) is 63.3 Å². The van der Waals surface area contributed by atoms with Gasteiger partial charge in [-0.15, -0.1) is 11.3 Å². The predicted molar refractivity (Wildman–Crippen MR) is 156 cm³/mol. The summed E-state index contributed by atoms with van der Waals surface area (Å²) in [6.07, 6.45) is -8.16. The fourth-order valence-electron chi connectivity index (χ4n) is 6.70. The SMILES string of the molecule is [2H][C@@]1(c2cc(OC)c(O)c(OC)c2)c2cc3c(cc2[C@@H](O[C@@H]2O[C@@H]4CO[C@@H](c5cccs5)O[C@H]4[C@H](O)[C@H]2O)[C@H]2COC(=O)[C@@]21[2H])OCO3. The first-order chi connectivity index (χ1) is 23.1. The average molecular weight is 659 g/mol. The van der Waals surface area contributed by atoms with Crippen LogP contribution in [-0.2, 0) is 28.5 Å². The van der Waals surface area contributed by atoms with Gasteiger partial charge in [0.2, 0.25) is 12.5 Å². The number of benzene rings is 2. The van der Waals surface area contributed by atoms with Gasteiger partial charge in [0.1, 0.15) is 24.4 Å². The normalized spacial score (nSPS) is 38.1. The summed E-state index contributed by atoms with van der Waals surface area (Å²) < 4.78 is 71.9. The number of carbonyl (C=O) groups is 1. The van der Waals surface area contributed by atoms with Gasteiger partial charge in [0.05, 0.1) is 44.3 Å². The van der Waals surface area contributed by atoms with Crippen LogP contribution in [0.2, 0.25) is 0 Å². The van der Waals surface area contributed by atoms with Crippen molar-refractivity contribution < 1.29 is 65.5 Å². The largest absolute Gasteiger partial charge is 0.502 e. The van der Waals surface area contributed by atoms with E-state index in [2.05, 4.69) is 0 Å². The maximum absolute atomic E-state index is 13.7. The molecule has 1 aliphatic carbocycles. The Morgan fingerprint density at radius 1 is 0.957 bits per heavy atom. The van der Waals surface area contributed by atoms with Gasteiger partial charge in [-0.3, -0.25) is 4.79 Å². The number of phenols is 1. The maximum atomic E-state index is 13.7. The van der Waals surface area contributed by atoms with Crippen LogP contribution in [0.25, 0.3) is 0 Å². The van der Waals surface area contributed by atoms with Gasteiger partial charge in [-0.25, -0.2) is 0 Å². The second-order valence-electron chi connectivity index (χ2n) is 11.4. The van der Waals surface area contributed by atoms with Crippen LogP contribution >= 0.6 is 11.3 Å². The molecule has 0 bridgehead atoms. The third-order valence-corrected chi connectivity index (χ3v) is 9.79. The van der Waals surface area contributed by atoms with Crippen LogP contribution in [-0.4, -0.2) is 86.2 Å². The molecule has 8 rings (SSSR count). The molecule has 0 unspecified atom stereocenters. The molecule has 4 aliphatic heterocycles. The summed E-state index contributed by atoms with van der Waals surface area (Å²) in [5.74, 6) is -6.44.